The van der Waals surface area contributed by atoms with Crippen LogP contribution >= 0.6 is 0 Å². The Morgan fingerprint density at radius 3 is 1.37 bits per heavy atom. The standard InChI is InChI=1S/C32H62O8S/c1-5-9-11-13-15-17-19-20-22-24-26-28(29(33)27-25-23-21-18-16-14-12-10-6-2)30(34)31(35)32(39-7-3,40-8-4)41(36,37)38/h28,31,35H,5-27H2,1-4H3,(H,36,37,38). The smallest absolute Gasteiger partial charge is 0.334 e. The molecule has 0 aromatic heterocycles. The zero-order valence-corrected chi connectivity index (χ0v) is 27.5. The second-order valence-electron chi connectivity index (χ2n) is 11.3. The van der Waals surface area contributed by atoms with Crippen LogP contribution in [-0.2, 0) is 29.2 Å². The summed E-state index contributed by atoms with van der Waals surface area (Å²) in [5.41, 5.74) is 0. The summed E-state index contributed by atoms with van der Waals surface area (Å²) in [5.74, 6) is -2.44. The first-order chi connectivity index (χ1) is 19.6. The number of ether oxygens (including phenoxy) is 2. The molecular formula is C32H62O8S. The van der Waals surface area contributed by atoms with E-state index in [-0.39, 0.29) is 31.8 Å². The van der Waals surface area contributed by atoms with Gasteiger partial charge in [-0.2, -0.15) is 8.42 Å². The van der Waals surface area contributed by atoms with Crippen LogP contribution in [0.1, 0.15) is 163 Å². The van der Waals surface area contributed by atoms with Crippen molar-refractivity contribution in [2.45, 2.75) is 174 Å². The van der Waals surface area contributed by atoms with Crippen LogP contribution in [0.15, 0.2) is 0 Å². The number of aliphatic hydroxyl groups excluding tert-OH is 1. The van der Waals surface area contributed by atoms with Crippen molar-refractivity contribution >= 4 is 21.7 Å². The lowest BCUT2D eigenvalue weighted by Crippen LogP contribution is -2.58. The van der Waals surface area contributed by atoms with Gasteiger partial charge in [0.15, 0.2) is 11.9 Å². The predicted octanol–water partition coefficient (Wildman–Crippen LogP) is 7.95. The highest BCUT2D eigenvalue weighted by Crippen LogP contribution is 2.30. The average Bonchev–Trinajstić information content (AvgIpc) is 2.93. The van der Waals surface area contributed by atoms with Gasteiger partial charge in [-0.1, -0.05) is 129 Å². The zero-order valence-electron chi connectivity index (χ0n) is 26.7. The first kappa shape index (κ1) is 40.1. The zero-order chi connectivity index (χ0) is 31.0. The van der Waals surface area contributed by atoms with E-state index in [0.29, 0.717) is 12.8 Å². The molecule has 0 aliphatic rings. The van der Waals surface area contributed by atoms with Crippen molar-refractivity contribution in [2.24, 2.45) is 5.92 Å². The van der Waals surface area contributed by atoms with Crippen LogP contribution in [0.3, 0.4) is 0 Å². The van der Waals surface area contributed by atoms with Crippen LogP contribution in [0.5, 0.6) is 0 Å². The van der Waals surface area contributed by atoms with Gasteiger partial charge in [0.1, 0.15) is 5.78 Å². The lowest BCUT2D eigenvalue weighted by Gasteiger charge is -2.34. The maximum atomic E-state index is 13.5. The Labute approximate surface area is 251 Å². The van der Waals surface area contributed by atoms with Crippen molar-refractivity contribution in [3.8, 4) is 0 Å². The van der Waals surface area contributed by atoms with Gasteiger partial charge in [-0.3, -0.25) is 14.1 Å². The normalized spacial score (nSPS) is 13.8. The third-order valence-electron chi connectivity index (χ3n) is 7.76. The topological polar surface area (TPSA) is 127 Å². The first-order valence-corrected chi connectivity index (χ1v) is 18.1. The highest BCUT2D eigenvalue weighted by molar-refractivity contribution is 7.87. The van der Waals surface area contributed by atoms with Crippen LogP contribution in [0.2, 0.25) is 0 Å². The third-order valence-corrected chi connectivity index (χ3v) is 8.94. The molecule has 2 unspecified atom stereocenters. The number of carbonyl (C=O) groups excluding carboxylic acids is 2. The Morgan fingerprint density at radius 2 is 1.00 bits per heavy atom. The van der Waals surface area contributed by atoms with Crippen LogP contribution in [0.4, 0.5) is 0 Å². The third kappa shape index (κ3) is 16.5. The maximum absolute atomic E-state index is 13.5. The van der Waals surface area contributed by atoms with E-state index in [2.05, 4.69) is 13.8 Å². The summed E-state index contributed by atoms with van der Waals surface area (Å²) in [6.07, 6.45) is 18.9. The molecule has 0 bridgehead atoms. The predicted molar refractivity (Wildman–Crippen MR) is 165 cm³/mol. The van der Waals surface area contributed by atoms with Gasteiger partial charge in [0.25, 0.3) is 0 Å². The molecule has 0 aliphatic heterocycles. The molecule has 8 nitrogen and oxygen atoms in total. The van der Waals surface area contributed by atoms with E-state index in [0.717, 1.165) is 38.5 Å². The second kappa shape index (κ2) is 24.6. The van der Waals surface area contributed by atoms with E-state index in [4.69, 9.17) is 9.47 Å². The van der Waals surface area contributed by atoms with E-state index in [1.165, 1.54) is 84.5 Å². The number of carbonyl (C=O) groups is 2. The number of Topliss-reactive ketones (excluding diaryl/α,β-unsaturated/α-hetero) is 2. The molecular weight excluding hydrogens is 544 g/mol. The van der Waals surface area contributed by atoms with Crippen LogP contribution in [0, 0.1) is 5.92 Å². The molecule has 0 fully saturated rings. The largest absolute Gasteiger partial charge is 0.379 e. The number of hydrogen-bond donors (Lipinski definition) is 2. The van der Waals surface area contributed by atoms with Gasteiger partial charge in [0.05, 0.1) is 5.92 Å². The Morgan fingerprint density at radius 1 is 0.634 bits per heavy atom. The van der Waals surface area contributed by atoms with Gasteiger partial charge in [0, 0.05) is 19.6 Å². The summed E-state index contributed by atoms with van der Waals surface area (Å²) in [7, 11) is -5.16. The van der Waals surface area contributed by atoms with Crippen molar-refractivity contribution in [1.82, 2.24) is 0 Å². The molecule has 244 valence electrons. The minimum Gasteiger partial charge on any atom is -0.379 e. The molecule has 0 radical (unpaired) electrons. The molecule has 9 heteroatoms. The van der Waals surface area contributed by atoms with Gasteiger partial charge < -0.3 is 14.6 Å². The highest BCUT2D eigenvalue weighted by atomic mass is 32.2. The molecule has 0 heterocycles. The fourth-order valence-electron chi connectivity index (χ4n) is 5.34. The van der Waals surface area contributed by atoms with Crippen LogP contribution in [-0.4, -0.2) is 54.1 Å². The lowest BCUT2D eigenvalue weighted by molar-refractivity contribution is -0.225. The number of ketones is 2. The Hall–Kier alpha value is -0.870. The van der Waals surface area contributed by atoms with Crippen molar-refractivity contribution in [2.75, 3.05) is 13.2 Å². The number of hydrogen-bond acceptors (Lipinski definition) is 7. The molecule has 0 aromatic rings. The summed E-state index contributed by atoms with van der Waals surface area (Å²) in [4.78, 5) is 26.7. The molecule has 0 spiro atoms. The van der Waals surface area contributed by atoms with E-state index in [1.807, 2.05) is 0 Å². The highest BCUT2D eigenvalue weighted by Gasteiger charge is 2.56. The minimum absolute atomic E-state index is 0.193. The maximum Gasteiger partial charge on any atom is 0.334 e. The Balaban J connectivity index is 5.19. The number of rotatable bonds is 30. The summed E-state index contributed by atoms with van der Waals surface area (Å²) in [5, 5.41) is 7.99. The van der Waals surface area contributed by atoms with Gasteiger partial charge in [-0.15, -0.1) is 0 Å². The van der Waals surface area contributed by atoms with Gasteiger partial charge >= 0.3 is 15.2 Å². The fraction of sp³-hybridized carbons (Fsp3) is 0.938. The average molecular weight is 607 g/mol. The van der Waals surface area contributed by atoms with E-state index in [9.17, 15) is 27.7 Å². The molecule has 2 N–H and O–H groups in total. The van der Waals surface area contributed by atoms with Crippen molar-refractivity contribution in [3.05, 3.63) is 0 Å². The molecule has 0 saturated heterocycles. The van der Waals surface area contributed by atoms with Crippen molar-refractivity contribution in [1.29, 1.82) is 0 Å². The molecule has 0 aliphatic carbocycles. The van der Waals surface area contributed by atoms with Crippen molar-refractivity contribution in [3.63, 3.8) is 0 Å². The molecule has 0 rings (SSSR count). The van der Waals surface area contributed by atoms with E-state index >= 15 is 0 Å². The van der Waals surface area contributed by atoms with Gasteiger partial charge in [-0.05, 0) is 26.7 Å². The van der Waals surface area contributed by atoms with Crippen molar-refractivity contribution < 1.29 is 37.1 Å². The quantitative estimate of drug-likeness (QED) is 0.0365. The lowest BCUT2D eigenvalue weighted by atomic mass is 9.87. The summed E-state index contributed by atoms with van der Waals surface area (Å²) in [6, 6.07) is 0. The second-order valence-corrected chi connectivity index (χ2v) is 12.8. The molecule has 0 amide bonds. The monoisotopic (exact) mass is 606 g/mol. The van der Waals surface area contributed by atoms with Gasteiger partial charge in [0.2, 0.25) is 0 Å². The summed E-state index contributed by atoms with van der Waals surface area (Å²) >= 11 is 0. The van der Waals surface area contributed by atoms with Gasteiger partial charge in [-0.25, -0.2) is 0 Å². The summed E-state index contributed by atoms with van der Waals surface area (Å²) in [6.45, 7) is 6.85. The summed E-state index contributed by atoms with van der Waals surface area (Å²) < 4.78 is 44.8. The number of aliphatic hydroxyl groups is 1. The van der Waals surface area contributed by atoms with E-state index < -0.39 is 33.0 Å². The SMILES string of the molecule is CCCCCCCCCCCCC(C(=O)CCCCCCCCCCC)C(=O)C(O)C(OCC)(OCC)S(=O)(=O)O. The van der Waals surface area contributed by atoms with Crippen LogP contribution < -0.4 is 0 Å². The minimum atomic E-state index is -5.16. The molecule has 41 heavy (non-hydrogen) atoms. The number of unbranched alkanes of at least 4 members (excludes halogenated alkanes) is 17. The fourth-order valence-corrected chi connectivity index (χ4v) is 6.27. The first-order valence-electron chi connectivity index (χ1n) is 16.6. The molecule has 0 saturated carbocycles. The van der Waals surface area contributed by atoms with Crippen LogP contribution in [0.25, 0.3) is 0 Å². The molecule has 2 atom stereocenters. The molecule has 0 aromatic carbocycles. The Kier molecular flexibility index (Phi) is 24.0. The van der Waals surface area contributed by atoms with E-state index in [1.54, 1.807) is 0 Å². The Bertz CT molecular complexity index is 762.